The van der Waals surface area contributed by atoms with Crippen molar-refractivity contribution in [1.82, 2.24) is 4.98 Å². The molecule has 2 N–H and O–H groups in total. The van der Waals surface area contributed by atoms with E-state index in [0.717, 1.165) is 22.7 Å². The molecular formula is C13H14Cl2N2S. The number of nitrogens with zero attached hydrogens (tertiary/aromatic N) is 1. The molecule has 0 fully saturated rings. The Morgan fingerprint density at radius 2 is 2.00 bits per heavy atom. The summed E-state index contributed by atoms with van der Waals surface area (Å²) in [6.45, 7) is 2.52. The minimum atomic E-state index is 0.168. The number of nitrogens with two attached hydrogens (primary N) is 1. The molecule has 0 saturated heterocycles. The highest BCUT2D eigenvalue weighted by atomic mass is 35.5. The second-order valence-electron chi connectivity index (χ2n) is 4.16. The highest BCUT2D eigenvalue weighted by molar-refractivity contribution is 7.09. The molecule has 0 amide bonds. The monoisotopic (exact) mass is 300 g/mol. The van der Waals surface area contributed by atoms with Crippen LogP contribution in [0.4, 0.5) is 0 Å². The maximum atomic E-state index is 6.18. The number of halogens is 2. The highest BCUT2D eigenvalue weighted by Crippen LogP contribution is 2.31. The molecule has 2 nitrogen and oxygen atoms in total. The minimum Gasteiger partial charge on any atom is -0.330 e. The van der Waals surface area contributed by atoms with Gasteiger partial charge in [-0.25, -0.2) is 4.98 Å². The van der Waals surface area contributed by atoms with Gasteiger partial charge in [-0.1, -0.05) is 29.3 Å². The van der Waals surface area contributed by atoms with Crippen LogP contribution in [-0.4, -0.2) is 11.5 Å². The van der Waals surface area contributed by atoms with Crippen LogP contribution >= 0.6 is 34.5 Å². The normalized spacial score (nSPS) is 12.7. The van der Waals surface area contributed by atoms with E-state index in [1.165, 1.54) is 0 Å². The topological polar surface area (TPSA) is 38.9 Å². The number of benzene rings is 1. The lowest BCUT2D eigenvalue weighted by Gasteiger charge is -2.14. The van der Waals surface area contributed by atoms with Crippen molar-refractivity contribution in [2.75, 3.05) is 6.54 Å². The number of hydrogen-bond acceptors (Lipinski definition) is 3. The van der Waals surface area contributed by atoms with Gasteiger partial charge in [-0.05, 0) is 31.0 Å². The lowest BCUT2D eigenvalue weighted by Crippen LogP contribution is -2.15. The molecule has 1 unspecified atom stereocenters. The van der Waals surface area contributed by atoms with Crippen molar-refractivity contribution in [3.63, 3.8) is 0 Å². The summed E-state index contributed by atoms with van der Waals surface area (Å²) in [5, 5.41) is 4.46. The zero-order chi connectivity index (χ0) is 13.1. The maximum Gasteiger partial charge on any atom is 0.0975 e. The van der Waals surface area contributed by atoms with Gasteiger partial charge in [0.2, 0.25) is 0 Å². The Labute approximate surface area is 121 Å². The fourth-order valence-corrected chi connectivity index (χ4v) is 3.27. The van der Waals surface area contributed by atoms with E-state index in [-0.39, 0.29) is 5.92 Å². The quantitative estimate of drug-likeness (QED) is 0.925. The Hall–Kier alpha value is -0.610. The molecule has 2 rings (SSSR count). The van der Waals surface area contributed by atoms with Crippen LogP contribution in [0.5, 0.6) is 0 Å². The average Bonchev–Trinajstić information content (AvgIpc) is 2.76. The Balaban J connectivity index is 2.26. The van der Waals surface area contributed by atoms with E-state index in [2.05, 4.69) is 4.98 Å². The van der Waals surface area contributed by atoms with Crippen molar-refractivity contribution in [3.05, 3.63) is 49.9 Å². The maximum absolute atomic E-state index is 6.18. The lowest BCUT2D eigenvalue weighted by molar-refractivity contribution is 0.687. The summed E-state index contributed by atoms with van der Waals surface area (Å²) >= 11 is 14.0. The molecule has 0 aliphatic carbocycles. The minimum absolute atomic E-state index is 0.168. The summed E-state index contributed by atoms with van der Waals surface area (Å²) in [7, 11) is 0. The van der Waals surface area contributed by atoms with E-state index < -0.39 is 0 Å². The second kappa shape index (κ2) is 6.02. The van der Waals surface area contributed by atoms with Crippen molar-refractivity contribution >= 4 is 34.5 Å². The third-order valence-corrected chi connectivity index (χ3v) is 4.62. The zero-order valence-electron chi connectivity index (χ0n) is 9.99. The summed E-state index contributed by atoms with van der Waals surface area (Å²) in [6, 6.07) is 5.55. The molecule has 1 aromatic carbocycles. The van der Waals surface area contributed by atoms with E-state index >= 15 is 0 Å². The van der Waals surface area contributed by atoms with Crippen LogP contribution in [0.3, 0.4) is 0 Å². The van der Waals surface area contributed by atoms with Crippen molar-refractivity contribution in [1.29, 1.82) is 0 Å². The van der Waals surface area contributed by atoms with Crippen molar-refractivity contribution in [3.8, 4) is 0 Å². The van der Waals surface area contributed by atoms with Crippen molar-refractivity contribution < 1.29 is 0 Å². The molecule has 0 bridgehead atoms. The van der Waals surface area contributed by atoms with Gasteiger partial charge < -0.3 is 5.73 Å². The molecule has 1 heterocycles. The van der Waals surface area contributed by atoms with Crippen LogP contribution in [-0.2, 0) is 6.42 Å². The third-order valence-electron chi connectivity index (χ3n) is 2.78. The van der Waals surface area contributed by atoms with Gasteiger partial charge >= 0.3 is 0 Å². The van der Waals surface area contributed by atoms with Crippen LogP contribution < -0.4 is 5.73 Å². The van der Waals surface area contributed by atoms with Gasteiger partial charge in [-0.3, -0.25) is 0 Å². The number of aryl methyl sites for hydroxylation is 1. The van der Waals surface area contributed by atoms with Crippen LogP contribution in [0.25, 0.3) is 0 Å². The molecule has 0 saturated carbocycles. The predicted octanol–water partition coefficient (Wildman–Crippen LogP) is 4.04. The Morgan fingerprint density at radius 1 is 1.33 bits per heavy atom. The number of hydrogen-bond donors (Lipinski definition) is 1. The molecule has 96 valence electrons. The van der Waals surface area contributed by atoms with Crippen molar-refractivity contribution in [2.24, 2.45) is 5.73 Å². The summed E-state index contributed by atoms with van der Waals surface area (Å²) in [6.07, 6.45) is 0.724. The summed E-state index contributed by atoms with van der Waals surface area (Å²) < 4.78 is 0. The van der Waals surface area contributed by atoms with Gasteiger partial charge in [0.25, 0.3) is 0 Å². The summed E-state index contributed by atoms with van der Waals surface area (Å²) in [5.41, 5.74) is 7.82. The molecule has 0 spiro atoms. The molecule has 18 heavy (non-hydrogen) atoms. The smallest absolute Gasteiger partial charge is 0.0975 e. The van der Waals surface area contributed by atoms with E-state index in [1.807, 2.05) is 30.5 Å². The highest BCUT2D eigenvalue weighted by Gasteiger charge is 2.17. The fourth-order valence-electron chi connectivity index (χ4n) is 1.80. The molecule has 0 aliphatic rings. The van der Waals surface area contributed by atoms with E-state index in [9.17, 15) is 0 Å². The fraction of sp³-hybridized carbons (Fsp3) is 0.308. The molecule has 0 radical (unpaired) electrons. The van der Waals surface area contributed by atoms with Gasteiger partial charge in [-0.15, -0.1) is 11.3 Å². The zero-order valence-corrected chi connectivity index (χ0v) is 12.3. The van der Waals surface area contributed by atoms with Gasteiger partial charge in [0, 0.05) is 33.6 Å². The first-order valence-corrected chi connectivity index (χ1v) is 7.30. The van der Waals surface area contributed by atoms with Crippen LogP contribution in [0.1, 0.15) is 22.2 Å². The number of aromatic nitrogens is 1. The molecular weight excluding hydrogens is 287 g/mol. The van der Waals surface area contributed by atoms with Crippen LogP contribution in [0.15, 0.2) is 23.6 Å². The SMILES string of the molecule is Cc1csc(C(CN)Cc2c(Cl)cccc2Cl)n1. The van der Waals surface area contributed by atoms with Gasteiger partial charge in [0.05, 0.1) is 5.01 Å². The lowest BCUT2D eigenvalue weighted by atomic mass is 10.00. The Kier molecular flexibility index (Phi) is 4.62. The first-order chi connectivity index (χ1) is 8.61. The first kappa shape index (κ1) is 13.8. The molecule has 2 aromatic rings. The van der Waals surface area contributed by atoms with Gasteiger partial charge in [0.1, 0.15) is 0 Å². The van der Waals surface area contributed by atoms with E-state index in [0.29, 0.717) is 16.6 Å². The van der Waals surface area contributed by atoms with Crippen LogP contribution in [0.2, 0.25) is 10.0 Å². The molecule has 5 heteroatoms. The largest absolute Gasteiger partial charge is 0.330 e. The predicted molar refractivity (Wildman–Crippen MR) is 78.8 cm³/mol. The average molecular weight is 301 g/mol. The number of thiazole rings is 1. The molecule has 1 atom stereocenters. The molecule has 0 aliphatic heterocycles. The standard InChI is InChI=1S/C13H14Cl2N2S/c1-8-7-18-13(17-8)9(6-16)5-10-11(14)3-2-4-12(10)15/h2-4,7,9H,5-6,16H2,1H3. The van der Waals surface area contributed by atoms with E-state index in [4.69, 9.17) is 28.9 Å². The second-order valence-corrected chi connectivity index (χ2v) is 5.87. The Morgan fingerprint density at radius 3 is 2.50 bits per heavy atom. The number of rotatable bonds is 4. The molecule has 1 aromatic heterocycles. The van der Waals surface area contributed by atoms with Crippen LogP contribution in [0, 0.1) is 6.92 Å². The Bertz CT molecular complexity index is 519. The van der Waals surface area contributed by atoms with Gasteiger partial charge in [-0.2, -0.15) is 0 Å². The summed E-state index contributed by atoms with van der Waals surface area (Å²) in [5.74, 6) is 0.168. The van der Waals surface area contributed by atoms with Crippen molar-refractivity contribution in [2.45, 2.75) is 19.3 Å². The summed E-state index contributed by atoms with van der Waals surface area (Å²) in [4.78, 5) is 4.49. The van der Waals surface area contributed by atoms with Gasteiger partial charge in [0.15, 0.2) is 0 Å². The van der Waals surface area contributed by atoms with E-state index in [1.54, 1.807) is 11.3 Å². The third kappa shape index (κ3) is 3.04. The first-order valence-electron chi connectivity index (χ1n) is 5.66.